The Balaban J connectivity index is 1.46. The van der Waals surface area contributed by atoms with E-state index >= 15 is 0 Å². The lowest BCUT2D eigenvalue weighted by atomic mass is 9.83. The largest absolute Gasteiger partial charge is 0.472 e. The minimum Gasteiger partial charge on any atom is -0.472 e. The Labute approximate surface area is 225 Å². The summed E-state index contributed by atoms with van der Waals surface area (Å²) >= 11 is 0. The summed E-state index contributed by atoms with van der Waals surface area (Å²) in [4.78, 5) is 25.0. The van der Waals surface area contributed by atoms with Crippen molar-refractivity contribution in [2.24, 2.45) is 17.8 Å². The van der Waals surface area contributed by atoms with Crippen LogP contribution in [0.1, 0.15) is 18.9 Å². The lowest BCUT2D eigenvalue weighted by molar-refractivity contribution is -0.342. The molecule has 0 spiro atoms. The molecule has 3 aliphatic rings. The molecule has 0 radical (unpaired) electrons. The maximum Gasteiger partial charge on any atom is 0.337 e. The fourth-order valence-electron chi connectivity index (χ4n) is 5.29. The van der Waals surface area contributed by atoms with Crippen LogP contribution < -0.4 is 0 Å². The highest BCUT2D eigenvalue weighted by atomic mass is 16.8. The normalized spacial score (nSPS) is 36.3. The van der Waals surface area contributed by atoms with Gasteiger partial charge in [-0.3, -0.25) is 0 Å². The lowest BCUT2D eigenvalue weighted by Crippen LogP contribution is -2.60. The van der Waals surface area contributed by atoms with E-state index < -0.39 is 73.5 Å². The van der Waals surface area contributed by atoms with Gasteiger partial charge in [0.1, 0.15) is 30.5 Å². The first-order chi connectivity index (χ1) is 18.7. The van der Waals surface area contributed by atoms with Gasteiger partial charge in [-0.25, -0.2) is 9.59 Å². The second-order valence-electron chi connectivity index (χ2n) is 9.79. The highest BCUT2D eigenvalue weighted by Gasteiger charge is 2.54. The van der Waals surface area contributed by atoms with Crippen molar-refractivity contribution >= 4 is 18.0 Å². The molecule has 2 heterocycles. The monoisotopic (exact) mass is 546 g/mol. The van der Waals surface area contributed by atoms with Crippen molar-refractivity contribution in [3.8, 4) is 0 Å². The molecule has 1 aromatic carbocycles. The first-order valence-electron chi connectivity index (χ1n) is 12.7. The number of carbonyl (C=O) groups excluding carboxylic acids is 2. The Morgan fingerprint density at radius 2 is 1.79 bits per heavy atom. The SMILES string of the molecule is COC(=O)C1=COC(OC2OC(CO)C(O)C(O)C2O)C2C1CC(OC(=O)C=CC=Cc1ccccc1)C2C. The quantitative estimate of drug-likeness (QED) is 0.206. The average Bonchev–Trinajstić information content (AvgIpc) is 3.27. The zero-order valence-corrected chi connectivity index (χ0v) is 21.6. The Morgan fingerprint density at radius 3 is 2.49 bits per heavy atom. The summed E-state index contributed by atoms with van der Waals surface area (Å²) in [5.74, 6) is -2.48. The molecule has 10 unspecified atom stereocenters. The van der Waals surface area contributed by atoms with E-state index in [1.165, 1.54) is 19.4 Å². The number of aliphatic hydroxyl groups is 4. The van der Waals surface area contributed by atoms with E-state index in [-0.39, 0.29) is 11.5 Å². The summed E-state index contributed by atoms with van der Waals surface area (Å²) in [6.07, 6.45) is -1.07. The number of aliphatic hydroxyl groups excluding tert-OH is 4. The number of rotatable bonds is 8. The molecule has 212 valence electrons. The van der Waals surface area contributed by atoms with Gasteiger partial charge in [-0.1, -0.05) is 55.5 Å². The van der Waals surface area contributed by atoms with Gasteiger partial charge in [0.15, 0.2) is 6.29 Å². The first kappa shape index (κ1) is 28.9. The predicted octanol–water partition coefficient (Wildman–Crippen LogP) is 0.670. The molecular formula is C28H34O11. The van der Waals surface area contributed by atoms with Gasteiger partial charge in [0, 0.05) is 23.8 Å². The van der Waals surface area contributed by atoms with Gasteiger partial charge in [0.2, 0.25) is 6.29 Å². The number of esters is 2. The third-order valence-corrected chi connectivity index (χ3v) is 7.42. The number of benzene rings is 1. The van der Waals surface area contributed by atoms with E-state index in [9.17, 15) is 30.0 Å². The summed E-state index contributed by atoms with van der Waals surface area (Å²) in [6.45, 7) is 1.21. The van der Waals surface area contributed by atoms with Crippen molar-refractivity contribution in [3.63, 3.8) is 0 Å². The number of hydrogen-bond donors (Lipinski definition) is 4. The summed E-state index contributed by atoms with van der Waals surface area (Å²) in [5.41, 5.74) is 1.24. The van der Waals surface area contributed by atoms with Crippen LogP contribution in [0.2, 0.25) is 0 Å². The maximum absolute atomic E-state index is 12.6. The van der Waals surface area contributed by atoms with E-state index in [1.807, 2.05) is 43.3 Å². The van der Waals surface area contributed by atoms with Crippen LogP contribution in [0, 0.1) is 17.8 Å². The molecule has 1 saturated carbocycles. The Hall–Kier alpha value is -3.06. The summed E-state index contributed by atoms with van der Waals surface area (Å²) < 4.78 is 27.7. The summed E-state index contributed by atoms with van der Waals surface area (Å²) in [7, 11) is 1.25. The third-order valence-electron chi connectivity index (χ3n) is 7.42. The second kappa shape index (κ2) is 12.9. The van der Waals surface area contributed by atoms with Crippen molar-refractivity contribution in [1.29, 1.82) is 0 Å². The number of allylic oxidation sites excluding steroid dienone is 2. The van der Waals surface area contributed by atoms with Gasteiger partial charge in [-0.15, -0.1) is 0 Å². The minimum absolute atomic E-state index is 0.253. The summed E-state index contributed by atoms with van der Waals surface area (Å²) in [6, 6.07) is 9.60. The molecule has 4 N–H and O–H groups in total. The summed E-state index contributed by atoms with van der Waals surface area (Å²) in [5, 5.41) is 40.1. The molecule has 0 amide bonds. The van der Waals surface area contributed by atoms with Crippen LogP contribution in [0.3, 0.4) is 0 Å². The van der Waals surface area contributed by atoms with Crippen LogP contribution in [-0.4, -0.2) is 89.2 Å². The van der Waals surface area contributed by atoms with E-state index in [1.54, 1.807) is 12.2 Å². The molecule has 39 heavy (non-hydrogen) atoms. The number of hydrogen-bond acceptors (Lipinski definition) is 11. The third kappa shape index (κ3) is 6.40. The van der Waals surface area contributed by atoms with Crippen LogP contribution in [0.4, 0.5) is 0 Å². The van der Waals surface area contributed by atoms with Crippen molar-refractivity contribution in [3.05, 3.63) is 66.0 Å². The first-order valence-corrected chi connectivity index (χ1v) is 12.7. The molecule has 0 bridgehead atoms. The molecule has 1 aliphatic carbocycles. The molecule has 2 fully saturated rings. The van der Waals surface area contributed by atoms with Gasteiger partial charge in [0.05, 0.1) is 25.6 Å². The van der Waals surface area contributed by atoms with Gasteiger partial charge < -0.3 is 44.1 Å². The van der Waals surface area contributed by atoms with Crippen LogP contribution in [-0.2, 0) is 33.3 Å². The zero-order chi connectivity index (χ0) is 28.1. The molecule has 10 atom stereocenters. The van der Waals surface area contributed by atoms with Gasteiger partial charge in [0.25, 0.3) is 0 Å². The second-order valence-corrected chi connectivity index (χ2v) is 9.79. The topological polar surface area (TPSA) is 161 Å². The molecule has 0 aromatic heterocycles. The van der Waals surface area contributed by atoms with Crippen molar-refractivity contribution < 1.29 is 53.7 Å². The fourth-order valence-corrected chi connectivity index (χ4v) is 5.29. The molecule has 11 heteroatoms. The Morgan fingerprint density at radius 1 is 1.05 bits per heavy atom. The van der Waals surface area contributed by atoms with E-state index in [0.717, 1.165) is 5.56 Å². The van der Waals surface area contributed by atoms with Gasteiger partial charge >= 0.3 is 11.9 Å². The number of carbonyl (C=O) groups is 2. The zero-order valence-electron chi connectivity index (χ0n) is 21.6. The van der Waals surface area contributed by atoms with Crippen molar-refractivity contribution in [2.75, 3.05) is 13.7 Å². The van der Waals surface area contributed by atoms with Gasteiger partial charge in [-0.05, 0) is 12.0 Å². The van der Waals surface area contributed by atoms with Crippen LogP contribution in [0.15, 0.2) is 60.4 Å². The fraction of sp³-hybridized carbons (Fsp3) is 0.500. The standard InChI is InChI=1S/C28H34O11/c1-15-19(37-21(30)11-7-6-10-16-8-4-3-5-9-16)12-17-18(26(34)35-2)14-36-27(22(15)17)39-28-25(33)24(32)23(31)20(13-29)38-28/h3-11,14-15,17,19-20,22-25,27-29,31-33H,12-13H2,1-2H3. The molecule has 11 nitrogen and oxygen atoms in total. The van der Waals surface area contributed by atoms with E-state index in [2.05, 4.69) is 0 Å². The molecule has 4 rings (SSSR count). The Kier molecular flexibility index (Phi) is 9.54. The molecular weight excluding hydrogens is 512 g/mol. The van der Waals surface area contributed by atoms with Gasteiger partial charge in [-0.2, -0.15) is 0 Å². The van der Waals surface area contributed by atoms with Crippen molar-refractivity contribution in [2.45, 2.75) is 56.4 Å². The van der Waals surface area contributed by atoms with Crippen molar-refractivity contribution in [1.82, 2.24) is 0 Å². The lowest BCUT2D eigenvalue weighted by Gasteiger charge is -2.43. The van der Waals surface area contributed by atoms with E-state index in [0.29, 0.717) is 6.42 Å². The predicted molar refractivity (Wildman–Crippen MR) is 135 cm³/mol. The smallest absolute Gasteiger partial charge is 0.337 e. The molecule has 1 saturated heterocycles. The highest BCUT2D eigenvalue weighted by Crippen LogP contribution is 2.48. The minimum atomic E-state index is -1.63. The number of ether oxygens (including phenoxy) is 5. The average molecular weight is 547 g/mol. The van der Waals surface area contributed by atoms with E-state index in [4.69, 9.17) is 23.7 Å². The number of fused-ring (bicyclic) bond motifs is 1. The van der Waals surface area contributed by atoms with Crippen LogP contribution >= 0.6 is 0 Å². The number of methoxy groups -OCH3 is 1. The maximum atomic E-state index is 12.6. The molecule has 1 aromatic rings. The van der Waals surface area contributed by atoms with Crippen LogP contribution in [0.25, 0.3) is 6.08 Å². The van der Waals surface area contributed by atoms with Crippen LogP contribution in [0.5, 0.6) is 0 Å². The Bertz CT molecular complexity index is 1080. The highest BCUT2D eigenvalue weighted by molar-refractivity contribution is 5.89. The molecule has 2 aliphatic heterocycles.